The van der Waals surface area contributed by atoms with Gasteiger partial charge in [-0.05, 0) is 25.7 Å². The topological polar surface area (TPSA) is 57.5 Å². The third-order valence-electron chi connectivity index (χ3n) is 2.58. The van der Waals surface area contributed by atoms with E-state index in [2.05, 4.69) is 0 Å². The van der Waals surface area contributed by atoms with Crippen molar-refractivity contribution in [3.63, 3.8) is 0 Å². The summed E-state index contributed by atoms with van der Waals surface area (Å²) in [4.78, 5) is 10.6. The molecule has 0 aromatic carbocycles. The van der Waals surface area contributed by atoms with Crippen LogP contribution in [0.1, 0.15) is 32.6 Å². The Labute approximate surface area is 66.0 Å². The van der Waals surface area contributed by atoms with Crippen LogP contribution in [-0.2, 0) is 4.79 Å². The van der Waals surface area contributed by atoms with Crippen molar-refractivity contribution in [3.8, 4) is 0 Å². The van der Waals surface area contributed by atoms with E-state index < -0.39 is 11.6 Å². The first-order chi connectivity index (χ1) is 5.05. The van der Waals surface area contributed by atoms with E-state index in [1.54, 1.807) is 0 Å². The molecule has 2 N–H and O–H groups in total. The van der Waals surface area contributed by atoms with E-state index in [-0.39, 0.29) is 5.92 Å². The van der Waals surface area contributed by atoms with Gasteiger partial charge in [0.2, 0.25) is 0 Å². The Bertz CT molecular complexity index is 157. The summed E-state index contributed by atoms with van der Waals surface area (Å²) in [5.74, 6) is -1.13. The number of carbonyl (C=O) groups is 1. The summed E-state index contributed by atoms with van der Waals surface area (Å²) in [6.07, 6.45) is 3.79. The number of aliphatic hydroxyl groups is 1. The summed E-state index contributed by atoms with van der Waals surface area (Å²) < 4.78 is 0. The van der Waals surface area contributed by atoms with Crippen molar-refractivity contribution in [1.29, 1.82) is 0 Å². The van der Waals surface area contributed by atoms with Crippen LogP contribution in [-0.4, -0.2) is 21.8 Å². The maximum absolute atomic E-state index is 10.6. The highest BCUT2D eigenvalue weighted by molar-refractivity contribution is 5.76. The zero-order valence-electron chi connectivity index (χ0n) is 6.71. The minimum atomic E-state index is -1.50. The lowest BCUT2D eigenvalue weighted by Gasteiger charge is -2.24. The predicted molar refractivity (Wildman–Crippen MR) is 40.2 cm³/mol. The Morgan fingerprint density at radius 1 is 1.45 bits per heavy atom. The minimum absolute atomic E-state index is 0.0417. The first-order valence-corrected chi connectivity index (χ1v) is 4.01. The van der Waals surface area contributed by atoms with Crippen molar-refractivity contribution in [2.75, 3.05) is 0 Å². The van der Waals surface area contributed by atoms with E-state index in [1.165, 1.54) is 6.92 Å². The van der Waals surface area contributed by atoms with Crippen LogP contribution in [0.25, 0.3) is 0 Å². The molecule has 0 radical (unpaired) electrons. The van der Waals surface area contributed by atoms with Crippen molar-refractivity contribution in [1.82, 2.24) is 0 Å². The van der Waals surface area contributed by atoms with Crippen LogP contribution >= 0.6 is 0 Å². The Hall–Kier alpha value is -0.570. The van der Waals surface area contributed by atoms with Crippen molar-refractivity contribution in [2.24, 2.45) is 5.92 Å². The third-order valence-corrected chi connectivity index (χ3v) is 2.58. The minimum Gasteiger partial charge on any atom is -0.479 e. The monoisotopic (exact) mass is 158 g/mol. The quantitative estimate of drug-likeness (QED) is 0.630. The molecule has 11 heavy (non-hydrogen) atoms. The molecule has 1 fully saturated rings. The highest BCUT2D eigenvalue weighted by Gasteiger charge is 2.40. The number of hydrogen-bond donors (Lipinski definition) is 2. The van der Waals surface area contributed by atoms with E-state index in [9.17, 15) is 9.90 Å². The van der Waals surface area contributed by atoms with Gasteiger partial charge in [0.15, 0.2) is 5.60 Å². The van der Waals surface area contributed by atoms with Crippen LogP contribution < -0.4 is 0 Å². The average molecular weight is 158 g/mol. The van der Waals surface area contributed by atoms with E-state index in [0.29, 0.717) is 0 Å². The van der Waals surface area contributed by atoms with E-state index in [0.717, 1.165) is 25.7 Å². The lowest BCUT2D eigenvalue weighted by atomic mass is 9.88. The van der Waals surface area contributed by atoms with E-state index >= 15 is 0 Å². The van der Waals surface area contributed by atoms with Gasteiger partial charge in [0.1, 0.15) is 0 Å². The fourth-order valence-corrected chi connectivity index (χ4v) is 1.66. The molecular formula is C8H14O3. The molecule has 1 atom stereocenters. The largest absolute Gasteiger partial charge is 0.479 e. The standard InChI is InChI=1S/C8H14O3/c1-8(11,7(9)10)6-4-2-3-5-6/h6,11H,2-5H2,1H3,(H,9,10). The van der Waals surface area contributed by atoms with Crippen LogP contribution in [0.2, 0.25) is 0 Å². The van der Waals surface area contributed by atoms with Crippen LogP contribution in [0.15, 0.2) is 0 Å². The summed E-state index contributed by atoms with van der Waals surface area (Å²) in [5.41, 5.74) is -1.50. The van der Waals surface area contributed by atoms with E-state index in [4.69, 9.17) is 5.11 Å². The molecule has 1 saturated carbocycles. The van der Waals surface area contributed by atoms with Crippen molar-refractivity contribution < 1.29 is 15.0 Å². The van der Waals surface area contributed by atoms with Gasteiger partial charge in [-0.2, -0.15) is 0 Å². The Morgan fingerprint density at radius 3 is 2.27 bits per heavy atom. The van der Waals surface area contributed by atoms with Crippen LogP contribution in [0.3, 0.4) is 0 Å². The normalized spacial score (nSPS) is 24.9. The number of carboxylic acids is 1. The molecule has 0 aromatic rings. The van der Waals surface area contributed by atoms with Crippen molar-refractivity contribution >= 4 is 5.97 Å². The Morgan fingerprint density at radius 2 is 1.91 bits per heavy atom. The maximum Gasteiger partial charge on any atom is 0.335 e. The van der Waals surface area contributed by atoms with Gasteiger partial charge in [0.25, 0.3) is 0 Å². The molecule has 1 aliphatic rings. The molecule has 0 saturated heterocycles. The van der Waals surface area contributed by atoms with Crippen LogP contribution in [0.4, 0.5) is 0 Å². The predicted octanol–water partition coefficient (Wildman–Crippen LogP) is 1.01. The molecule has 0 aliphatic heterocycles. The number of hydrogen-bond acceptors (Lipinski definition) is 2. The van der Waals surface area contributed by atoms with Gasteiger partial charge in [-0.1, -0.05) is 12.8 Å². The van der Waals surface area contributed by atoms with Gasteiger partial charge in [-0.3, -0.25) is 0 Å². The summed E-state index contributed by atoms with van der Waals surface area (Å²) in [7, 11) is 0. The molecule has 1 rings (SSSR count). The van der Waals surface area contributed by atoms with Crippen molar-refractivity contribution in [2.45, 2.75) is 38.2 Å². The molecule has 3 heteroatoms. The molecule has 1 unspecified atom stereocenters. The molecule has 0 heterocycles. The van der Waals surface area contributed by atoms with E-state index in [1.807, 2.05) is 0 Å². The van der Waals surface area contributed by atoms with Gasteiger partial charge < -0.3 is 10.2 Å². The maximum atomic E-state index is 10.6. The van der Waals surface area contributed by atoms with Gasteiger partial charge in [-0.25, -0.2) is 4.79 Å². The zero-order chi connectivity index (χ0) is 8.48. The number of carboxylic acid groups (broad SMARTS) is 1. The Balaban J connectivity index is 2.62. The molecule has 0 amide bonds. The summed E-state index contributed by atoms with van der Waals surface area (Å²) in [6, 6.07) is 0. The Kier molecular flexibility index (Phi) is 2.18. The van der Waals surface area contributed by atoms with Gasteiger partial charge in [0, 0.05) is 0 Å². The first kappa shape index (κ1) is 8.53. The van der Waals surface area contributed by atoms with Gasteiger partial charge in [-0.15, -0.1) is 0 Å². The molecular weight excluding hydrogens is 144 g/mol. The van der Waals surface area contributed by atoms with Crippen molar-refractivity contribution in [3.05, 3.63) is 0 Å². The smallest absolute Gasteiger partial charge is 0.335 e. The number of rotatable bonds is 2. The van der Waals surface area contributed by atoms with Crippen LogP contribution in [0.5, 0.6) is 0 Å². The second-order valence-electron chi connectivity index (χ2n) is 3.43. The second kappa shape index (κ2) is 2.81. The fourth-order valence-electron chi connectivity index (χ4n) is 1.66. The highest BCUT2D eigenvalue weighted by atomic mass is 16.4. The highest BCUT2D eigenvalue weighted by Crippen LogP contribution is 2.33. The molecule has 0 spiro atoms. The summed E-state index contributed by atoms with van der Waals surface area (Å²) in [5, 5.41) is 18.1. The SMILES string of the molecule is CC(O)(C(=O)O)C1CCCC1. The van der Waals surface area contributed by atoms with Gasteiger partial charge >= 0.3 is 5.97 Å². The molecule has 3 nitrogen and oxygen atoms in total. The van der Waals surface area contributed by atoms with Gasteiger partial charge in [0.05, 0.1) is 0 Å². The summed E-state index contributed by atoms with van der Waals surface area (Å²) in [6.45, 7) is 1.39. The average Bonchev–Trinajstić information content (AvgIpc) is 2.37. The molecule has 64 valence electrons. The van der Waals surface area contributed by atoms with Crippen LogP contribution in [0, 0.1) is 5.92 Å². The number of aliphatic carboxylic acids is 1. The molecule has 1 aliphatic carbocycles. The lowest BCUT2D eigenvalue weighted by molar-refractivity contribution is -0.162. The lowest BCUT2D eigenvalue weighted by Crippen LogP contribution is -2.41. The molecule has 0 bridgehead atoms. The summed E-state index contributed by atoms with van der Waals surface area (Å²) >= 11 is 0. The first-order valence-electron chi connectivity index (χ1n) is 4.01. The second-order valence-corrected chi connectivity index (χ2v) is 3.43. The molecule has 0 aromatic heterocycles. The zero-order valence-corrected chi connectivity index (χ0v) is 6.71. The fraction of sp³-hybridized carbons (Fsp3) is 0.875. The third kappa shape index (κ3) is 1.53.